The summed E-state index contributed by atoms with van der Waals surface area (Å²) < 4.78 is 14.9. The molecule has 4 rings (SSSR count). The van der Waals surface area contributed by atoms with E-state index in [0.717, 1.165) is 16.8 Å². The smallest absolute Gasteiger partial charge is 0.287 e. The number of nitrogens with zero attached hydrogens (tertiary/aromatic N) is 3. The molecule has 0 bridgehead atoms. The van der Waals surface area contributed by atoms with Crippen molar-refractivity contribution in [2.24, 2.45) is 5.10 Å². The van der Waals surface area contributed by atoms with Gasteiger partial charge in [-0.15, -0.1) is 0 Å². The first kappa shape index (κ1) is 18.4. The first-order chi connectivity index (χ1) is 14.1. The van der Waals surface area contributed by atoms with Crippen LogP contribution < -0.4 is 5.43 Å². The van der Waals surface area contributed by atoms with Crippen molar-refractivity contribution < 1.29 is 9.18 Å². The maximum Gasteiger partial charge on any atom is 0.287 e. The van der Waals surface area contributed by atoms with E-state index in [1.807, 2.05) is 31.2 Å². The van der Waals surface area contributed by atoms with Gasteiger partial charge in [-0.05, 0) is 43.3 Å². The molecule has 2 heterocycles. The van der Waals surface area contributed by atoms with Gasteiger partial charge in [0, 0.05) is 23.5 Å². The van der Waals surface area contributed by atoms with Crippen LogP contribution in [-0.2, 0) is 0 Å². The average Bonchev–Trinajstić information content (AvgIpc) is 3.40. The van der Waals surface area contributed by atoms with Crippen LogP contribution >= 0.6 is 0 Å². The molecular formula is C22H18FN5O. The van der Waals surface area contributed by atoms with E-state index in [-0.39, 0.29) is 11.7 Å². The average molecular weight is 387 g/mol. The predicted octanol–water partition coefficient (Wildman–Crippen LogP) is 4.08. The largest absolute Gasteiger partial charge is 0.357 e. The highest BCUT2D eigenvalue weighted by molar-refractivity contribution is 5.94. The number of H-pyrrole nitrogens is 1. The van der Waals surface area contributed by atoms with Crippen LogP contribution in [0.25, 0.3) is 16.9 Å². The lowest BCUT2D eigenvalue weighted by atomic mass is 10.1. The summed E-state index contributed by atoms with van der Waals surface area (Å²) >= 11 is 0. The number of rotatable bonds is 5. The number of carbonyl (C=O) groups is 1. The van der Waals surface area contributed by atoms with Gasteiger partial charge in [-0.2, -0.15) is 10.2 Å². The second-order valence-electron chi connectivity index (χ2n) is 6.50. The van der Waals surface area contributed by atoms with Crippen molar-refractivity contribution in [3.63, 3.8) is 0 Å². The summed E-state index contributed by atoms with van der Waals surface area (Å²) in [5, 5.41) is 8.71. The third-order valence-electron chi connectivity index (χ3n) is 4.37. The third-order valence-corrected chi connectivity index (χ3v) is 4.37. The van der Waals surface area contributed by atoms with Crippen LogP contribution in [0.5, 0.6) is 0 Å². The SMILES string of the molecule is Cc1ccc(-c2nn(-c3ccc(F)cc3)cc2/C=N\NC(=O)c2ccc[nH]2)cc1. The Kier molecular flexibility index (Phi) is 5.03. The first-order valence-electron chi connectivity index (χ1n) is 8.99. The van der Waals surface area contributed by atoms with Gasteiger partial charge < -0.3 is 4.98 Å². The number of nitrogens with one attached hydrogen (secondary N) is 2. The van der Waals surface area contributed by atoms with Gasteiger partial charge in [0.2, 0.25) is 0 Å². The number of hydrogen-bond acceptors (Lipinski definition) is 3. The molecule has 0 spiro atoms. The van der Waals surface area contributed by atoms with Crippen LogP contribution in [0.1, 0.15) is 21.6 Å². The molecule has 0 saturated carbocycles. The van der Waals surface area contributed by atoms with Gasteiger partial charge in [0.25, 0.3) is 5.91 Å². The van der Waals surface area contributed by atoms with Gasteiger partial charge in [0.15, 0.2) is 0 Å². The Bertz CT molecular complexity index is 1140. The van der Waals surface area contributed by atoms with Gasteiger partial charge in [-0.3, -0.25) is 4.79 Å². The second-order valence-corrected chi connectivity index (χ2v) is 6.50. The molecule has 2 aromatic carbocycles. The maximum absolute atomic E-state index is 13.3. The van der Waals surface area contributed by atoms with Crippen LogP contribution in [0.2, 0.25) is 0 Å². The molecule has 0 atom stereocenters. The van der Waals surface area contributed by atoms with Crippen molar-refractivity contribution in [2.75, 3.05) is 0 Å². The number of halogens is 1. The summed E-state index contributed by atoms with van der Waals surface area (Å²) in [6, 6.07) is 17.4. The van der Waals surface area contributed by atoms with Crippen LogP contribution in [0, 0.1) is 12.7 Å². The number of aryl methyl sites for hydroxylation is 1. The summed E-state index contributed by atoms with van der Waals surface area (Å²) in [5.41, 5.74) is 7.09. The maximum atomic E-state index is 13.3. The quantitative estimate of drug-likeness (QED) is 0.400. The Labute approximate surface area is 166 Å². The zero-order chi connectivity index (χ0) is 20.2. The van der Waals surface area contributed by atoms with E-state index < -0.39 is 0 Å². The standard InChI is InChI=1S/C22H18FN5O/c1-15-4-6-16(7-5-15)21-17(13-25-26-22(29)20-3-2-12-24-20)14-28(27-21)19-10-8-18(23)9-11-19/h2-14,24H,1H3,(H,26,29)/b25-13-. The number of amides is 1. The Hall–Kier alpha value is -4.00. The lowest BCUT2D eigenvalue weighted by Gasteiger charge is -2.01. The van der Waals surface area contributed by atoms with Gasteiger partial charge in [-0.1, -0.05) is 29.8 Å². The summed E-state index contributed by atoms with van der Waals surface area (Å²) in [5.74, 6) is -0.650. The minimum atomic E-state index is -0.339. The van der Waals surface area contributed by atoms with Crippen molar-refractivity contribution in [3.8, 4) is 16.9 Å². The van der Waals surface area contributed by atoms with Crippen molar-refractivity contribution in [1.29, 1.82) is 0 Å². The fraction of sp³-hybridized carbons (Fsp3) is 0.0455. The van der Waals surface area contributed by atoms with Crippen LogP contribution in [0.3, 0.4) is 0 Å². The molecule has 2 aromatic heterocycles. The zero-order valence-corrected chi connectivity index (χ0v) is 15.6. The van der Waals surface area contributed by atoms with Crippen molar-refractivity contribution in [2.45, 2.75) is 6.92 Å². The van der Waals surface area contributed by atoms with E-state index >= 15 is 0 Å². The van der Waals surface area contributed by atoms with E-state index in [4.69, 9.17) is 0 Å². The summed E-state index contributed by atoms with van der Waals surface area (Å²) in [4.78, 5) is 14.9. The van der Waals surface area contributed by atoms with Gasteiger partial charge in [0.05, 0.1) is 11.9 Å². The summed E-state index contributed by atoms with van der Waals surface area (Å²) in [6.45, 7) is 2.01. The molecule has 7 heteroatoms. The highest BCUT2D eigenvalue weighted by atomic mass is 19.1. The highest BCUT2D eigenvalue weighted by Gasteiger charge is 2.12. The van der Waals surface area contributed by atoms with Crippen molar-refractivity contribution >= 4 is 12.1 Å². The van der Waals surface area contributed by atoms with Crippen molar-refractivity contribution in [3.05, 3.63) is 95.7 Å². The highest BCUT2D eigenvalue weighted by Crippen LogP contribution is 2.23. The number of hydrazone groups is 1. The second kappa shape index (κ2) is 7.93. The molecule has 29 heavy (non-hydrogen) atoms. The van der Waals surface area contributed by atoms with E-state index in [2.05, 4.69) is 20.6 Å². The molecule has 4 aromatic rings. The minimum absolute atomic E-state index is 0.312. The number of hydrogen-bond donors (Lipinski definition) is 2. The molecule has 0 aliphatic heterocycles. The Morgan fingerprint density at radius 1 is 1.14 bits per heavy atom. The molecule has 0 radical (unpaired) electrons. The van der Waals surface area contributed by atoms with Gasteiger partial charge >= 0.3 is 0 Å². The molecule has 0 unspecified atom stereocenters. The lowest BCUT2D eigenvalue weighted by Crippen LogP contribution is -2.17. The molecule has 6 nitrogen and oxygen atoms in total. The Morgan fingerprint density at radius 3 is 2.59 bits per heavy atom. The zero-order valence-electron chi connectivity index (χ0n) is 15.6. The number of benzene rings is 2. The molecule has 0 saturated heterocycles. The summed E-state index contributed by atoms with van der Waals surface area (Å²) in [6.07, 6.45) is 5.00. The van der Waals surface area contributed by atoms with Crippen LogP contribution in [-0.4, -0.2) is 26.9 Å². The Balaban J connectivity index is 1.66. The predicted molar refractivity (Wildman–Crippen MR) is 110 cm³/mol. The minimum Gasteiger partial charge on any atom is -0.357 e. The third kappa shape index (κ3) is 4.14. The van der Waals surface area contributed by atoms with E-state index in [9.17, 15) is 9.18 Å². The molecule has 0 fully saturated rings. The van der Waals surface area contributed by atoms with Crippen LogP contribution in [0.15, 0.2) is 78.2 Å². The van der Waals surface area contributed by atoms with Gasteiger partial charge in [-0.25, -0.2) is 14.5 Å². The number of aromatic amines is 1. The lowest BCUT2D eigenvalue weighted by molar-refractivity contribution is 0.0951. The van der Waals surface area contributed by atoms with Crippen molar-refractivity contribution in [1.82, 2.24) is 20.2 Å². The van der Waals surface area contributed by atoms with E-state index in [1.54, 1.807) is 47.6 Å². The molecule has 144 valence electrons. The molecular weight excluding hydrogens is 369 g/mol. The monoisotopic (exact) mass is 387 g/mol. The van der Waals surface area contributed by atoms with E-state index in [0.29, 0.717) is 17.0 Å². The Morgan fingerprint density at radius 2 is 1.90 bits per heavy atom. The first-order valence-corrected chi connectivity index (χ1v) is 8.99. The van der Waals surface area contributed by atoms with Crippen LogP contribution in [0.4, 0.5) is 4.39 Å². The number of aromatic nitrogens is 3. The topological polar surface area (TPSA) is 75.1 Å². The molecule has 0 aliphatic rings. The van der Waals surface area contributed by atoms with E-state index in [1.165, 1.54) is 12.1 Å². The fourth-order valence-electron chi connectivity index (χ4n) is 2.84. The normalized spacial score (nSPS) is 11.1. The van der Waals surface area contributed by atoms with Gasteiger partial charge in [0.1, 0.15) is 17.2 Å². The molecule has 1 amide bonds. The number of carbonyl (C=O) groups excluding carboxylic acids is 1. The fourth-order valence-corrected chi connectivity index (χ4v) is 2.84. The molecule has 0 aliphatic carbocycles. The molecule has 2 N–H and O–H groups in total. The summed E-state index contributed by atoms with van der Waals surface area (Å²) in [7, 11) is 0.